The van der Waals surface area contributed by atoms with Gasteiger partial charge in [-0.05, 0) is 59.5 Å². The number of benzene rings is 2. The SMILES string of the molecule is O=C(/C=C/c1ccc(Cl)cc1Cl)Nc1ccc(NC(=O)c2cccs2)cc1. The van der Waals surface area contributed by atoms with Crippen LogP contribution in [0.4, 0.5) is 11.4 Å². The maximum Gasteiger partial charge on any atom is 0.265 e. The minimum Gasteiger partial charge on any atom is -0.323 e. The summed E-state index contributed by atoms with van der Waals surface area (Å²) in [6.07, 6.45) is 3.01. The topological polar surface area (TPSA) is 58.2 Å². The minimum absolute atomic E-state index is 0.162. The summed E-state index contributed by atoms with van der Waals surface area (Å²) in [7, 11) is 0. The monoisotopic (exact) mass is 416 g/mol. The summed E-state index contributed by atoms with van der Waals surface area (Å²) in [4.78, 5) is 24.7. The number of nitrogens with one attached hydrogen (secondary N) is 2. The molecule has 7 heteroatoms. The molecule has 0 saturated carbocycles. The van der Waals surface area contributed by atoms with Crippen molar-refractivity contribution in [2.45, 2.75) is 0 Å². The molecule has 0 aliphatic rings. The molecule has 0 radical (unpaired) electrons. The third-order valence-corrected chi connectivity index (χ3v) is 4.96. The van der Waals surface area contributed by atoms with E-state index in [1.165, 1.54) is 17.4 Å². The largest absolute Gasteiger partial charge is 0.323 e. The number of amides is 2. The van der Waals surface area contributed by atoms with Gasteiger partial charge in [-0.25, -0.2) is 0 Å². The van der Waals surface area contributed by atoms with Gasteiger partial charge in [0.2, 0.25) is 5.91 Å². The Hall–Kier alpha value is -2.60. The molecule has 1 heterocycles. The Bertz CT molecular complexity index is 984. The first-order chi connectivity index (χ1) is 13.0. The number of hydrogen-bond acceptors (Lipinski definition) is 3. The molecule has 0 aliphatic heterocycles. The Morgan fingerprint density at radius 3 is 2.26 bits per heavy atom. The molecule has 0 spiro atoms. The molecule has 136 valence electrons. The fourth-order valence-electron chi connectivity index (χ4n) is 2.22. The first-order valence-corrected chi connectivity index (χ1v) is 9.54. The zero-order chi connectivity index (χ0) is 19.2. The van der Waals surface area contributed by atoms with Gasteiger partial charge in [0.1, 0.15) is 0 Å². The molecule has 27 heavy (non-hydrogen) atoms. The lowest BCUT2D eigenvalue weighted by Crippen LogP contribution is -2.10. The molecular formula is C20H14Cl2N2O2S. The van der Waals surface area contributed by atoms with E-state index in [9.17, 15) is 9.59 Å². The summed E-state index contributed by atoms with van der Waals surface area (Å²) in [5, 5.41) is 8.40. The van der Waals surface area contributed by atoms with Crippen LogP contribution in [-0.2, 0) is 4.79 Å². The molecule has 0 aliphatic carbocycles. The van der Waals surface area contributed by atoms with Gasteiger partial charge < -0.3 is 10.6 Å². The zero-order valence-electron chi connectivity index (χ0n) is 13.9. The molecule has 2 aromatic carbocycles. The van der Waals surface area contributed by atoms with Gasteiger partial charge in [-0.3, -0.25) is 9.59 Å². The number of carbonyl (C=O) groups excluding carboxylic acids is 2. The summed E-state index contributed by atoms with van der Waals surface area (Å²) in [6.45, 7) is 0. The first kappa shape index (κ1) is 19.2. The number of thiophene rings is 1. The Morgan fingerprint density at radius 2 is 1.63 bits per heavy atom. The molecular weight excluding hydrogens is 403 g/mol. The van der Waals surface area contributed by atoms with Crippen LogP contribution in [0, 0.1) is 0 Å². The third-order valence-electron chi connectivity index (χ3n) is 3.53. The van der Waals surface area contributed by atoms with Gasteiger partial charge in [0.15, 0.2) is 0 Å². The molecule has 0 fully saturated rings. The molecule has 1 aromatic heterocycles. The fourth-order valence-corrected chi connectivity index (χ4v) is 3.31. The summed E-state index contributed by atoms with van der Waals surface area (Å²) < 4.78 is 0. The number of carbonyl (C=O) groups is 2. The van der Waals surface area contributed by atoms with E-state index in [4.69, 9.17) is 23.2 Å². The van der Waals surface area contributed by atoms with Crippen LogP contribution >= 0.6 is 34.5 Å². The second-order valence-electron chi connectivity index (χ2n) is 5.50. The van der Waals surface area contributed by atoms with Gasteiger partial charge in [-0.15, -0.1) is 11.3 Å². The molecule has 3 aromatic rings. The Morgan fingerprint density at radius 1 is 0.926 bits per heavy atom. The molecule has 2 amide bonds. The Balaban J connectivity index is 1.58. The van der Waals surface area contributed by atoms with E-state index in [0.29, 0.717) is 31.9 Å². The van der Waals surface area contributed by atoms with E-state index < -0.39 is 0 Å². The zero-order valence-corrected chi connectivity index (χ0v) is 16.2. The highest BCUT2D eigenvalue weighted by Gasteiger charge is 2.07. The van der Waals surface area contributed by atoms with Crippen molar-refractivity contribution in [2.75, 3.05) is 10.6 Å². The van der Waals surface area contributed by atoms with Crippen LogP contribution in [0.5, 0.6) is 0 Å². The molecule has 0 bridgehead atoms. The van der Waals surface area contributed by atoms with E-state index >= 15 is 0 Å². The van der Waals surface area contributed by atoms with Crippen LogP contribution in [0.2, 0.25) is 10.0 Å². The predicted octanol–water partition coefficient (Wildman–Crippen LogP) is 5.96. The lowest BCUT2D eigenvalue weighted by Gasteiger charge is -2.06. The normalized spacial score (nSPS) is 10.7. The average Bonchev–Trinajstić information content (AvgIpc) is 3.17. The lowest BCUT2D eigenvalue weighted by molar-refractivity contribution is -0.111. The van der Waals surface area contributed by atoms with Crippen molar-refractivity contribution in [1.82, 2.24) is 0 Å². The smallest absolute Gasteiger partial charge is 0.265 e. The van der Waals surface area contributed by atoms with Crippen molar-refractivity contribution in [2.24, 2.45) is 0 Å². The third kappa shape index (κ3) is 5.44. The van der Waals surface area contributed by atoms with Gasteiger partial charge in [0, 0.05) is 27.5 Å². The van der Waals surface area contributed by atoms with Gasteiger partial charge in [0.05, 0.1) is 4.88 Å². The second-order valence-corrected chi connectivity index (χ2v) is 7.29. The number of rotatable bonds is 5. The van der Waals surface area contributed by atoms with Crippen molar-refractivity contribution in [3.8, 4) is 0 Å². The van der Waals surface area contributed by atoms with Crippen LogP contribution in [0.3, 0.4) is 0 Å². The summed E-state index contributed by atoms with van der Waals surface area (Å²) in [5.74, 6) is -0.457. The van der Waals surface area contributed by atoms with Crippen molar-refractivity contribution in [3.63, 3.8) is 0 Å². The maximum atomic E-state index is 12.0. The Labute approximate surface area is 170 Å². The lowest BCUT2D eigenvalue weighted by atomic mass is 10.2. The predicted molar refractivity (Wildman–Crippen MR) is 113 cm³/mol. The molecule has 4 nitrogen and oxygen atoms in total. The van der Waals surface area contributed by atoms with E-state index in [2.05, 4.69) is 10.6 Å². The standard InChI is InChI=1S/C20H14Cl2N2O2S/c21-14-5-3-13(17(22)12-14)4-10-19(25)23-15-6-8-16(9-7-15)24-20(26)18-2-1-11-27-18/h1-12H,(H,23,25)(H,24,26)/b10-4+. The van der Waals surface area contributed by atoms with Crippen molar-refractivity contribution in [3.05, 3.63) is 86.5 Å². The number of halogens is 2. The van der Waals surface area contributed by atoms with Gasteiger partial charge in [-0.2, -0.15) is 0 Å². The number of anilines is 2. The van der Waals surface area contributed by atoms with E-state index in [-0.39, 0.29) is 11.8 Å². The fraction of sp³-hybridized carbons (Fsp3) is 0. The van der Waals surface area contributed by atoms with Crippen LogP contribution < -0.4 is 10.6 Å². The highest BCUT2D eigenvalue weighted by atomic mass is 35.5. The first-order valence-electron chi connectivity index (χ1n) is 7.90. The number of hydrogen-bond donors (Lipinski definition) is 2. The minimum atomic E-state index is -0.295. The van der Waals surface area contributed by atoms with Crippen molar-refractivity contribution < 1.29 is 9.59 Å². The van der Waals surface area contributed by atoms with Crippen molar-refractivity contribution in [1.29, 1.82) is 0 Å². The molecule has 0 unspecified atom stereocenters. The summed E-state index contributed by atoms with van der Waals surface area (Å²) in [6, 6.07) is 15.5. The molecule has 0 atom stereocenters. The van der Waals surface area contributed by atoms with Crippen molar-refractivity contribution >= 4 is 63.8 Å². The quantitative estimate of drug-likeness (QED) is 0.504. The Kier molecular flexibility index (Phi) is 6.29. The van der Waals surface area contributed by atoms with Crippen LogP contribution in [0.15, 0.2) is 66.1 Å². The van der Waals surface area contributed by atoms with E-state index in [1.807, 2.05) is 11.4 Å². The van der Waals surface area contributed by atoms with Crippen LogP contribution in [0.1, 0.15) is 15.2 Å². The van der Waals surface area contributed by atoms with Crippen LogP contribution in [-0.4, -0.2) is 11.8 Å². The summed E-state index contributed by atoms with van der Waals surface area (Å²) >= 11 is 13.3. The highest BCUT2D eigenvalue weighted by Crippen LogP contribution is 2.22. The molecule has 2 N–H and O–H groups in total. The summed E-state index contributed by atoms with van der Waals surface area (Å²) in [5.41, 5.74) is 1.96. The second kappa shape index (κ2) is 8.86. The van der Waals surface area contributed by atoms with Gasteiger partial charge >= 0.3 is 0 Å². The highest BCUT2D eigenvalue weighted by molar-refractivity contribution is 7.12. The van der Waals surface area contributed by atoms with Gasteiger partial charge in [-0.1, -0.05) is 35.3 Å². The molecule has 3 rings (SSSR count). The molecule has 0 saturated heterocycles. The van der Waals surface area contributed by atoms with Crippen LogP contribution in [0.25, 0.3) is 6.08 Å². The maximum absolute atomic E-state index is 12.0. The van der Waals surface area contributed by atoms with E-state index in [0.717, 1.165) is 0 Å². The van der Waals surface area contributed by atoms with Gasteiger partial charge in [0.25, 0.3) is 5.91 Å². The average molecular weight is 417 g/mol. The van der Waals surface area contributed by atoms with E-state index in [1.54, 1.807) is 54.6 Å².